The first-order valence-corrected chi connectivity index (χ1v) is 8.22. The Morgan fingerprint density at radius 2 is 1.75 bits per heavy atom. The SMILES string of the molecule is COc1ccccc1CCNC(=O)CN(C)Cc1ccccc1C. The molecule has 1 N–H and O–H groups in total. The van der Waals surface area contributed by atoms with Gasteiger partial charge in [-0.15, -0.1) is 0 Å². The predicted molar refractivity (Wildman–Crippen MR) is 97.2 cm³/mol. The molecule has 4 nitrogen and oxygen atoms in total. The van der Waals surface area contributed by atoms with Gasteiger partial charge in [0.1, 0.15) is 5.75 Å². The van der Waals surface area contributed by atoms with E-state index in [9.17, 15) is 4.79 Å². The van der Waals surface area contributed by atoms with E-state index in [1.54, 1.807) is 7.11 Å². The fourth-order valence-corrected chi connectivity index (χ4v) is 2.68. The molecule has 1 amide bonds. The third kappa shape index (κ3) is 5.39. The molecule has 0 fully saturated rings. The zero-order valence-electron chi connectivity index (χ0n) is 14.7. The van der Waals surface area contributed by atoms with E-state index in [0.29, 0.717) is 13.1 Å². The molecule has 0 aliphatic carbocycles. The zero-order valence-corrected chi connectivity index (χ0v) is 14.7. The highest BCUT2D eigenvalue weighted by Gasteiger charge is 2.08. The molecule has 0 saturated carbocycles. The number of aryl methyl sites for hydroxylation is 1. The Kier molecular flexibility index (Phi) is 6.82. The quantitative estimate of drug-likeness (QED) is 0.811. The van der Waals surface area contributed by atoms with Gasteiger partial charge in [0.2, 0.25) is 5.91 Å². The topological polar surface area (TPSA) is 41.6 Å². The number of methoxy groups -OCH3 is 1. The number of hydrogen-bond donors (Lipinski definition) is 1. The maximum absolute atomic E-state index is 12.1. The molecule has 0 heterocycles. The molecule has 128 valence electrons. The highest BCUT2D eigenvalue weighted by atomic mass is 16.5. The number of rotatable bonds is 8. The van der Waals surface area contributed by atoms with Gasteiger partial charge in [0.25, 0.3) is 0 Å². The van der Waals surface area contributed by atoms with Crippen molar-refractivity contribution in [3.63, 3.8) is 0 Å². The molecule has 0 saturated heterocycles. The predicted octanol–water partition coefficient (Wildman–Crippen LogP) is 2.79. The maximum atomic E-state index is 12.1. The summed E-state index contributed by atoms with van der Waals surface area (Å²) in [6.45, 7) is 3.86. The van der Waals surface area contributed by atoms with Crippen LogP contribution in [0, 0.1) is 6.92 Å². The van der Waals surface area contributed by atoms with Crippen LogP contribution in [0.4, 0.5) is 0 Å². The maximum Gasteiger partial charge on any atom is 0.234 e. The lowest BCUT2D eigenvalue weighted by Crippen LogP contribution is -2.36. The second-order valence-corrected chi connectivity index (χ2v) is 6.01. The van der Waals surface area contributed by atoms with Gasteiger partial charge in [-0.25, -0.2) is 0 Å². The summed E-state index contributed by atoms with van der Waals surface area (Å²) in [6, 6.07) is 16.1. The van der Waals surface area contributed by atoms with Gasteiger partial charge in [0.05, 0.1) is 13.7 Å². The van der Waals surface area contributed by atoms with Crippen molar-refractivity contribution in [3.8, 4) is 5.75 Å². The molecule has 4 heteroatoms. The fraction of sp³-hybridized carbons (Fsp3) is 0.350. The first-order valence-electron chi connectivity index (χ1n) is 8.22. The van der Waals surface area contributed by atoms with Crippen LogP contribution in [0.15, 0.2) is 48.5 Å². The fourth-order valence-electron chi connectivity index (χ4n) is 2.68. The molecule has 0 aliphatic rings. The Labute approximate surface area is 144 Å². The van der Waals surface area contributed by atoms with Crippen molar-refractivity contribution in [1.29, 1.82) is 0 Å². The summed E-state index contributed by atoms with van der Waals surface area (Å²) in [4.78, 5) is 14.1. The number of para-hydroxylation sites is 1. The highest BCUT2D eigenvalue weighted by molar-refractivity contribution is 5.78. The average Bonchev–Trinajstić information content (AvgIpc) is 2.57. The van der Waals surface area contributed by atoms with E-state index in [1.807, 2.05) is 48.3 Å². The van der Waals surface area contributed by atoms with Gasteiger partial charge < -0.3 is 10.1 Å². The van der Waals surface area contributed by atoms with Crippen LogP contribution in [0.25, 0.3) is 0 Å². The van der Waals surface area contributed by atoms with E-state index >= 15 is 0 Å². The van der Waals surface area contributed by atoms with Crippen LogP contribution >= 0.6 is 0 Å². The second kappa shape index (κ2) is 9.08. The summed E-state index contributed by atoms with van der Waals surface area (Å²) in [5, 5.41) is 2.98. The van der Waals surface area contributed by atoms with Crippen molar-refractivity contribution in [1.82, 2.24) is 10.2 Å². The smallest absolute Gasteiger partial charge is 0.234 e. The molecular weight excluding hydrogens is 300 g/mol. The Morgan fingerprint density at radius 1 is 1.08 bits per heavy atom. The van der Waals surface area contributed by atoms with Gasteiger partial charge in [-0.2, -0.15) is 0 Å². The minimum atomic E-state index is 0.0426. The average molecular weight is 326 g/mol. The molecule has 24 heavy (non-hydrogen) atoms. The van der Waals surface area contributed by atoms with E-state index in [2.05, 4.69) is 24.4 Å². The summed E-state index contributed by atoms with van der Waals surface area (Å²) in [5.74, 6) is 0.907. The highest BCUT2D eigenvalue weighted by Crippen LogP contribution is 2.17. The van der Waals surface area contributed by atoms with Gasteiger partial charge >= 0.3 is 0 Å². The van der Waals surface area contributed by atoms with Crippen molar-refractivity contribution < 1.29 is 9.53 Å². The minimum Gasteiger partial charge on any atom is -0.496 e. The van der Waals surface area contributed by atoms with Crippen LogP contribution in [0.2, 0.25) is 0 Å². The molecule has 2 rings (SSSR count). The summed E-state index contributed by atoms with van der Waals surface area (Å²) >= 11 is 0. The van der Waals surface area contributed by atoms with Crippen LogP contribution in [0.3, 0.4) is 0 Å². The number of benzene rings is 2. The lowest BCUT2D eigenvalue weighted by molar-refractivity contribution is -0.122. The largest absolute Gasteiger partial charge is 0.496 e. The molecule has 0 radical (unpaired) electrons. The molecule has 0 aromatic heterocycles. The Bertz CT molecular complexity index is 670. The number of nitrogens with zero attached hydrogens (tertiary/aromatic N) is 1. The number of carbonyl (C=O) groups is 1. The summed E-state index contributed by atoms with van der Waals surface area (Å²) in [7, 11) is 3.63. The van der Waals surface area contributed by atoms with Crippen LogP contribution in [-0.4, -0.2) is 38.1 Å². The molecular formula is C20H26N2O2. The molecule has 0 atom stereocenters. The van der Waals surface area contributed by atoms with Crippen molar-refractivity contribution >= 4 is 5.91 Å². The van der Waals surface area contributed by atoms with E-state index in [4.69, 9.17) is 4.74 Å². The van der Waals surface area contributed by atoms with Crippen molar-refractivity contribution in [2.45, 2.75) is 19.9 Å². The first kappa shape index (κ1) is 18.0. The van der Waals surface area contributed by atoms with E-state index < -0.39 is 0 Å². The van der Waals surface area contributed by atoms with Gasteiger partial charge in [-0.3, -0.25) is 9.69 Å². The van der Waals surface area contributed by atoms with E-state index in [-0.39, 0.29) is 5.91 Å². The number of hydrogen-bond acceptors (Lipinski definition) is 3. The second-order valence-electron chi connectivity index (χ2n) is 6.01. The number of likely N-dealkylation sites (N-methyl/N-ethyl adjacent to an activating group) is 1. The molecule has 0 aliphatic heterocycles. The lowest BCUT2D eigenvalue weighted by Gasteiger charge is -2.17. The van der Waals surface area contributed by atoms with Gasteiger partial charge in [-0.05, 0) is 43.1 Å². The van der Waals surface area contributed by atoms with Gasteiger partial charge in [0, 0.05) is 13.1 Å². The van der Waals surface area contributed by atoms with Crippen LogP contribution < -0.4 is 10.1 Å². The number of amides is 1. The van der Waals surface area contributed by atoms with E-state index in [0.717, 1.165) is 24.3 Å². The summed E-state index contributed by atoms with van der Waals surface area (Å²) in [6.07, 6.45) is 0.761. The van der Waals surface area contributed by atoms with Crippen molar-refractivity contribution in [3.05, 3.63) is 65.2 Å². The molecule has 2 aromatic rings. The van der Waals surface area contributed by atoms with Crippen LogP contribution in [-0.2, 0) is 17.8 Å². The lowest BCUT2D eigenvalue weighted by atomic mass is 10.1. The summed E-state index contributed by atoms with van der Waals surface area (Å²) in [5.41, 5.74) is 3.61. The molecule has 0 bridgehead atoms. The first-order chi connectivity index (χ1) is 11.6. The molecule has 0 spiro atoms. The standard InChI is InChI=1S/C20H26N2O2/c1-16-8-4-5-10-18(16)14-22(2)15-20(23)21-13-12-17-9-6-7-11-19(17)24-3/h4-11H,12-15H2,1-3H3,(H,21,23). The normalized spacial score (nSPS) is 10.7. The minimum absolute atomic E-state index is 0.0426. The number of nitrogens with one attached hydrogen (secondary N) is 1. The Hall–Kier alpha value is -2.33. The Morgan fingerprint density at radius 3 is 2.46 bits per heavy atom. The van der Waals surface area contributed by atoms with Gasteiger partial charge in [-0.1, -0.05) is 42.5 Å². The van der Waals surface area contributed by atoms with Crippen molar-refractivity contribution in [2.24, 2.45) is 0 Å². The van der Waals surface area contributed by atoms with E-state index in [1.165, 1.54) is 11.1 Å². The molecule has 0 unspecified atom stereocenters. The summed E-state index contributed by atoms with van der Waals surface area (Å²) < 4.78 is 5.32. The van der Waals surface area contributed by atoms with Crippen LogP contribution in [0.5, 0.6) is 5.75 Å². The zero-order chi connectivity index (χ0) is 17.4. The number of ether oxygens (including phenoxy) is 1. The monoisotopic (exact) mass is 326 g/mol. The third-order valence-electron chi connectivity index (χ3n) is 4.02. The third-order valence-corrected chi connectivity index (χ3v) is 4.02. The number of carbonyl (C=O) groups excluding carboxylic acids is 1. The van der Waals surface area contributed by atoms with Gasteiger partial charge in [0.15, 0.2) is 0 Å². The Balaban J connectivity index is 1.76. The van der Waals surface area contributed by atoms with Crippen molar-refractivity contribution in [2.75, 3.05) is 27.2 Å². The van der Waals surface area contributed by atoms with Crippen LogP contribution in [0.1, 0.15) is 16.7 Å². The molecule has 2 aromatic carbocycles.